The van der Waals surface area contributed by atoms with E-state index in [9.17, 15) is 4.79 Å². The number of nitrogens with one attached hydrogen (secondary N) is 3. The number of pyridine rings is 2. The molecule has 134 valence electrons. The Labute approximate surface area is 157 Å². The highest BCUT2D eigenvalue weighted by Gasteiger charge is 2.18. The van der Waals surface area contributed by atoms with Crippen LogP contribution in [0.4, 0.5) is 11.4 Å². The minimum Gasteiger partial charge on any atom is -0.380 e. The van der Waals surface area contributed by atoms with E-state index in [1.165, 1.54) is 0 Å². The third kappa shape index (κ3) is 3.76. The number of rotatable bonds is 4. The number of nitrogens with zero attached hydrogens (tertiary/aromatic N) is 2. The van der Waals surface area contributed by atoms with Crippen LogP contribution < -0.4 is 16.0 Å². The van der Waals surface area contributed by atoms with Crippen LogP contribution in [0.3, 0.4) is 0 Å². The Hall–Kier alpha value is -2.70. The van der Waals surface area contributed by atoms with Crippen molar-refractivity contribution in [1.82, 2.24) is 15.3 Å². The molecule has 1 aromatic carbocycles. The predicted molar refractivity (Wildman–Crippen MR) is 106 cm³/mol. The molecule has 0 spiro atoms. The van der Waals surface area contributed by atoms with Gasteiger partial charge < -0.3 is 16.0 Å². The molecular formula is C19H20ClN5O. The van der Waals surface area contributed by atoms with Gasteiger partial charge in [0.2, 0.25) is 0 Å². The van der Waals surface area contributed by atoms with Gasteiger partial charge in [-0.1, -0.05) is 0 Å². The van der Waals surface area contributed by atoms with E-state index in [1.807, 2.05) is 24.3 Å². The Kier molecular flexibility index (Phi) is 5.65. The summed E-state index contributed by atoms with van der Waals surface area (Å²) in [6, 6.07) is 11.6. The van der Waals surface area contributed by atoms with Crippen LogP contribution in [0.2, 0.25) is 0 Å². The van der Waals surface area contributed by atoms with Gasteiger partial charge in [0, 0.05) is 47.9 Å². The molecule has 6 nitrogen and oxygen atoms in total. The monoisotopic (exact) mass is 369 g/mol. The van der Waals surface area contributed by atoms with Crippen molar-refractivity contribution in [2.45, 2.75) is 12.5 Å². The molecule has 1 amide bonds. The molecule has 7 heteroatoms. The first-order chi connectivity index (χ1) is 12.3. The van der Waals surface area contributed by atoms with Crippen LogP contribution in [0.1, 0.15) is 16.8 Å². The van der Waals surface area contributed by atoms with Crippen LogP contribution in [-0.4, -0.2) is 35.0 Å². The normalized spacial score (nSPS) is 16.1. The molecule has 0 radical (unpaired) electrons. The molecule has 26 heavy (non-hydrogen) atoms. The summed E-state index contributed by atoms with van der Waals surface area (Å²) in [5.41, 5.74) is 2.98. The molecule has 0 aliphatic carbocycles. The summed E-state index contributed by atoms with van der Waals surface area (Å²) >= 11 is 0. The number of hydrogen-bond donors (Lipinski definition) is 3. The predicted octanol–water partition coefficient (Wildman–Crippen LogP) is 3.08. The van der Waals surface area contributed by atoms with Gasteiger partial charge in [-0.15, -0.1) is 12.4 Å². The number of amides is 1. The van der Waals surface area contributed by atoms with Gasteiger partial charge in [0.25, 0.3) is 5.91 Å². The first kappa shape index (κ1) is 18.1. The molecule has 0 bridgehead atoms. The molecule has 3 N–H and O–H groups in total. The quantitative estimate of drug-likeness (QED) is 0.658. The van der Waals surface area contributed by atoms with Gasteiger partial charge in [0.15, 0.2) is 0 Å². The Bertz CT molecular complexity index is 897. The maximum absolute atomic E-state index is 12.7. The molecule has 1 aliphatic heterocycles. The Morgan fingerprint density at radius 1 is 1.12 bits per heavy atom. The standard InChI is InChI=1S/C19H19N5O.ClH/c25-19(24-13-5-9-20-10-6-13)16-3-4-17(23-14-7-11-21-12-14)15-2-1-8-22-18(15)16;/h1-6,8-10,14,21,23H,7,11-12H2,(H,20,24,25);1H. The lowest BCUT2D eigenvalue weighted by Crippen LogP contribution is -2.22. The van der Waals surface area contributed by atoms with Crippen LogP contribution in [0.15, 0.2) is 55.0 Å². The Balaban J connectivity index is 0.00000196. The number of halogens is 1. The van der Waals surface area contributed by atoms with Crippen molar-refractivity contribution in [3.63, 3.8) is 0 Å². The summed E-state index contributed by atoms with van der Waals surface area (Å²) in [5.74, 6) is -0.177. The zero-order valence-corrected chi connectivity index (χ0v) is 14.9. The van der Waals surface area contributed by atoms with E-state index in [0.717, 1.165) is 30.6 Å². The second-order valence-electron chi connectivity index (χ2n) is 6.08. The van der Waals surface area contributed by atoms with Crippen LogP contribution >= 0.6 is 12.4 Å². The fourth-order valence-corrected chi connectivity index (χ4v) is 3.11. The van der Waals surface area contributed by atoms with Crippen LogP contribution in [0.25, 0.3) is 10.9 Å². The van der Waals surface area contributed by atoms with Crippen LogP contribution in [-0.2, 0) is 0 Å². The molecule has 3 heterocycles. The second-order valence-corrected chi connectivity index (χ2v) is 6.08. The van der Waals surface area contributed by atoms with E-state index in [4.69, 9.17) is 0 Å². The number of benzene rings is 1. The van der Waals surface area contributed by atoms with Crippen molar-refractivity contribution in [3.05, 3.63) is 60.6 Å². The number of carbonyl (C=O) groups excluding carboxylic acids is 1. The van der Waals surface area contributed by atoms with Crippen molar-refractivity contribution in [2.24, 2.45) is 0 Å². The van der Waals surface area contributed by atoms with Gasteiger partial charge in [0.05, 0.1) is 11.1 Å². The molecule has 0 saturated carbocycles. The molecule has 1 unspecified atom stereocenters. The average Bonchev–Trinajstić information content (AvgIpc) is 3.16. The summed E-state index contributed by atoms with van der Waals surface area (Å²) in [4.78, 5) is 21.1. The highest BCUT2D eigenvalue weighted by Crippen LogP contribution is 2.27. The van der Waals surface area contributed by atoms with E-state index >= 15 is 0 Å². The molecule has 3 aromatic rings. The minimum atomic E-state index is -0.177. The van der Waals surface area contributed by atoms with E-state index in [-0.39, 0.29) is 18.3 Å². The second kappa shape index (κ2) is 8.12. The van der Waals surface area contributed by atoms with Crippen molar-refractivity contribution in [1.29, 1.82) is 0 Å². The summed E-state index contributed by atoms with van der Waals surface area (Å²) < 4.78 is 0. The van der Waals surface area contributed by atoms with Gasteiger partial charge in [-0.05, 0) is 49.4 Å². The number of aromatic nitrogens is 2. The van der Waals surface area contributed by atoms with E-state index in [0.29, 0.717) is 22.8 Å². The smallest absolute Gasteiger partial charge is 0.257 e. The molecule has 1 atom stereocenters. The lowest BCUT2D eigenvalue weighted by atomic mass is 10.1. The molecule has 1 fully saturated rings. The zero-order valence-electron chi connectivity index (χ0n) is 14.1. The molecular weight excluding hydrogens is 350 g/mol. The molecule has 2 aromatic heterocycles. The maximum atomic E-state index is 12.7. The molecule has 1 aliphatic rings. The number of carbonyl (C=O) groups is 1. The van der Waals surface area contributed by atoms with Gasteiger partial charge in [-0.2, -0.15) is 0 Å². The van der Waals surface area contributed by atoms with Crippen molar-refractivity contribution in [2.75, 3.05) is 23.7 Å². The SMILES string of the molecule is Cl.O=C(Nc1ccncc1)c1ccc(NC2CCNC2)c2cccnc12. The lowest BCUT2D eigenvalue weighted by Gasteiger charge is -2.16. The van der Waals surface area contributed by atoms with Crippen LogP contribution in [0.5, 0.6) is 0 Å². The average molecular weight is 370 g/mol. The van der Waals surface area contributed by atoms with E-state index in [2.05, 4.69) is 25.9 Å². The van der Waals surface area contributed by atoms with Crippen molar-refractivity contribution in [3.8, 4) is 0 Å². The summed E-state index contributed by atoms with van der Waals surface area (Å²) in [6.07, 6.45) is 6.10. The van der Waals surface area contributed by atoms with Gasteiger partial charge in [0.1, 0.15) is 0 Å². The van der Waals surface area contributed by atoms with Gasteiger partial charge in [-0.3, -0.25) is 14.8 Å². The lowest BCUT2D eigenvalue weighted by molar-refractivity contribution is 0.102. The number of hydrogen-bond acceptors (Lipinski definition) is 5. The Morgan fingerprint density at radius 2 is 1.96 bits per heavy atom. The van der Waals surface area contributed by atoms with Crippen molar-refractivity contribution < 1.29 is 4.79 Å². The largest absolute Gasteiger partial charge is 0.380 e. The van der Waals surface area contributed by atoms with E-state index in [1.54, 1.807) is 30.7 Å². The first-order valence-electron chi connectivity index (χ1n) is 8.37. The summed E-state index contributed by atoms with van der Waals surface area (Å²) in [6.45, 7) is 1.98. The van der Waals surface area contributed by atoms with Crippen molar-refractivity contribution >= 4 is 40.6 Å². The zero-order chi connectivity index (χ0) is 17.1. The molecule has 1 saturated heterocycles. The Morgan fingerprint density at radius 3 is 2.73 bits per heavy atom. The number of fused-ring (bicyclic) bond motifs is 1. The van der Waals surface area contributed by atoms with Crippen LogP contribution in [0, 0.1) is 0 Å². The minimum absolute atomic E-state index is 0. The third-order valence-corrected chi connectivity index (χ3v) is 4.37. The van der Waals surface area contributed by atoms with E-state index < -0.39 is 0 Å². The fraction of sp³-hybridized carbons (Fsp3) is 0.211. The highest BCUT2D eigenvalue weighted by atomic mass is 35.5. The fourth-order valence-electron chi connectivity index (χ4n) is 3.11. The topological polar surface area (TPSA) is 78.9 Å². The summed E-state index contributed by atoms with van der Waals surface area (Å²) in [7, 11) is 0. The van der Waals surface area contributed by atoms with Gasteiger partial charge >= 0.3 is 0 Å². The first-order valence-corrected chi connectivity index (χ1v) is 8.37. The third-order valence-electron chi connectivity index (χ3n) is 4.37. The number of anilines is 2. The molecule has 4 rings (SSSR count). The summed E-state index contributed by atoms with van der Waals surface area (Å²) in [5, 5.41) is 10.8. The maximum Gasteiger partial charge on any atom is 0.257 e. The van der Waals surface area contributed by atoms with Gasteiger partial charge in [-0.25, -0.2) is 0 Å². The highest BCUT2D eigenvalue weighted by molar-refractivity contribution is 6.13.